The van der Waals surface area contributed by atoms with Crippen molar-refractivity contribution < 1.29 is 17.9 Å². The number of aromatic amines is 1. The first-order chi connectivity index (χ1) is 9.56. The summed E-state index contributed by atoms with van der Waals surface area (Å²) in [5.74, 6) is -0.776. The number of ether oxygens (including phenoxy) is 1. The Hall–Kier alpha value is -1.41. The molecule has 0 aliphatic rings. The van der Waals surface area contributed by atoms with Crippen LogP contribution in [-0.4, -0.2) is 31.2 Å². The van der Waals surface area contributed by atoms with E-state index in [0.717, 1.165) is 0 Å². The van der Waals surface area contributed by atoms with Gasteiger partial charge in [0.25, 0.3) is 0 Å². The van der Waals surface area contributed by atoms with Crippen molar-refractivity contribution in [3.63, 3.8) is 0 Å². The molecule has 120 valence electrons. The Morgan fingerprint density at radius 2 is 2.00 bits per heavy atom. The summed E-state index contributed by atoms with van der Waals surface area (Å²) >= 11 is 0. The molecule has 0 aromatic carbocycles. The van der Waals surface area contributed by atoms with Crippen LogP contribution in [0, 0.1) is 5.41 Å². The van der Waals surface area contributed by atoms with E-state index in [2.05, 4.69) is 10.2 Å². The zero-order valence-electron chi connectivity index (χ0n) is 12.9. The lowest BCUT2D eigenvalue weighted by Crippen LogP contribution is -2.19. The number of nitrogens with one attached hydrogen (secondary N) is 1. The molecule has 1 heterocycles. The number of rotatable bonds is 6. The summed E-state index contributed by atoms with van der Waals surface area (Å²) in [4.78, 5) is 11.7. The van der Waals surface area contributed by atoms with Crippen LogP contribution in [0.15, 0.2) is 4.90 Å². The van der Waals surface area contributed by atoms with E-state index in [1.807, 2.05) is 27.7 Å². The minimum absolute atomic E-state index is 0.0159. The van der Waals surface area contributed by atoms with E-state index >= 15 is 0 Å². The van der Waals surface area contributed by atoms with Crippen LogP contribution in [-0.2, 0) is 21.2 Å². The molecule has 0 aliphatic heterocycles. The molecule has 21 heavy (non-hydrogen) atoms. The van der Waals surface area contributed by atoms with Crippen LogP contribution in [0.2, 0.25) is 0 Å². The highest BCUT2D eigenvalue weighted by Gasteiger charge is 2.28. The molecular formula is C13H23N3O4S. The van der Waals surface area contributed by atoms with E-state index in [9.17, 15) is 13.2 Å². The third kappa shape index (κ3) is 5.13. The van der Waals surface area contributed by atoms with Crippen molar-refractivity contribution in [3.05, 3.63) is 11.4 Å². The van der Waals surface area contributed by atoms with Gasteiger partial charge in [0.15, 0.2) is 5.69 Å². The predicted molar refractivity (Wildman–Crippen MR) is 78.3 cm³/mol. The Morgan fingerprint density at radius 3 is 2.48 bits per heavy atom. The molecule has 0 saturated carbocycles. The van der Waals surface area contributed by atoms with Crippen LogP contribution in [0.3, 0.4) is 0 Å². The van der Waals surface area contributed by atoms with Gasteiger partial charge in [0.1, 0.15) is 4.90 Å². The van der Waals surface area contributed by atoms with Crippen molar-refractivity contribution >= 4 is 16.0 Å². The zero-order chi connectivity index (χ0) is 16.3. The number of sulfonamides is 1. The highest BCUT2D eigenvalue weighted by molar-refractivity contribution is 7.89. The van der Waals surface area contributed by atoms with Crippen LogP contribution >= 0.6 is 0 Å². The van der Waals surface area contributed by atoms with Gasteiger partial charge in [0.2, 0.25) is 10.0 Å². The summed E-state index contributed by atoms with van der Waals surface area (Å²) in [6, 6.07) is 0. The van der Waals surface area contributed by atoms with Crippen molar-refractivity contribution in [2.45, 2.75) is 51.9 Å². The number of aryl methyl sites for hydroxylation is 1. The largest absolute Gasteiger partial charge is 0.461 e. The van der Waals surface area contributed by atoms with Gasteiger partial charge in [-0.15, -0.1) is 0 Å². The normalized spacial score (nSPS) is 12.4. The average Bonchev–Trinajstić information content (AvgIpc) is 2.71. The third-order valence-corrected chi connectivity index (χ3v) is 3.86. The maximum atomic E-state index is 12.0. The van der Waals surface area contributed by atoms with E-state index in [1.165, 1.54) is 0 Å². The van der Waals surface area contributed by atoms with Gasteiger partial charge in [-0.1, -0.05) is 34.1 Å². The Labute approximate surface area is 125 Å². The molecule has 0 amide bonds. The van der Waals surface area contributed by atoms with Crippen molar-refractivity contribution in [1.29, 1.82) is 0 Å². The number of carbonyl (C=O) groups excluding carboxylic acids is 1. The lowest BCUT2D eigenvalue weighted by Gasteiger charge is -2.17. The van der Waals surface area contributed by atoms with Crippen LogP contribution in [0.25, 0.3) is 0 Å². The fraction of sp³-hybridized carbons (Fsp3) is 0.692. The molecule has 1 aromatic heterocycles. The first-order valence-electron chi connectivity index (χ1n) is 6.83. The van der Waals surface area contributed by atoms with Crippen molar-refractivity contribution in [2.24, 2.45) is 10.6 Å². The average molecular weight is 317 g/mol. The molecule has 0 bridgehead atoms. The van der Waals surface area contributed by atoms with Crippen molar-refractivity contribution in [1.82, 2.24) is 10.2 Å². The van der Waals surface area contributed by atoms with Crippen molar-refractivity contribution in [3.8, 4) is 0 Å². The fourth-order valence-electron chi connectivity index (χ4n) is 1.75. The van der Waals surface area contributed by atoms with Crippen LogP contribution < -0.4 is 5.14 Å². The molecule has 0 unspecified atom stereocenters. The van der Waals surface area contributed by atoms with Crippen LogP contribution in [0.1, 0.15) is 56.7 Å². The van der Waals surface area contributed by atoms with E-state index in [0.29, 0.717) is 25.0 Å². The number of carbonyl (C=O) groups is 1. The minimum Gasteiger partial charge on any atom is -0.461 e. The maximum absolute atomic E-state index is 12.0. The predicted octanol–water partition coefficient (Wildman–Crippen LogP) is 1.60. The number of H-pyrrole nitrogens is 1. The molecule has 0 atom stereocenters. The quantitative estimate of drug-likeness (QED) is 0.773. The summed E-state index contributed by atoms with van der Waals surface area (Å²) in [6.07, 6.45) is 1.80. The number of hydrogen-bond acceptors (Lipinski definition) is 5. The molecule has 0 aliphatic carbocycles. The number of nitrogens with zero attached hydrogens (tertiary/aromatic N) is 1. The number of aromatic nitrogens is 2. The lowest BCUT2D eigenvalue weighted by atomic mass is 9.93. The summed E-state index contributed by atoms with van der Waals surface area (Å²) in [7, 11) is -4.04. The van der Waals surface area contributed by atoms with Gasteiger partial charge in [-0.05, 0) is 18.3 Å². The highest BCUT2D eigenvalue weighted by Crippen LogP contribution is 2.21. The second kappa shape index (κ2) is 6.57. The summed E-state index contributed by atoms with van der Waals surface area (Å²) in [5.41, 5.74) is 0.0831. The van der Waals surface area contributed by atoms with Gasteiger partial charge >= 0.3 is 5.97 Å². The van der Waals surface area contributed by atoms with E-state index < -0.39 is 16.0 Å². The molecule has 1 rings (SSSR count). The first kappa shape index (κ1) is 17.6. The molecule has 0 saturated heterocycles. The number of nitrogens with two attached hydrogens (primary N) is 1. The Balaban J connectivity index is 2.95. The lowest BCUT2D eigenvalue weighted by molar-refractivity contribution is 0.0453. The fourth-order valence-corrected chi connectivity index (χ4v) is 2.64. The van der Waals surface area contributed by atoms with Gasteiger partial charge in [-0.2, -0.15) is 5.10 Å². The third-order valence-electron chi connectivity index (χ3n) is 2.85. The Kier molecular flexibility index (Phi) is 5.52. The summed E-state index contributed by atoms with van der Waals surface area (Å²) in [6.45, 7) is 8.14. The molecule has 3 N–H and O–H groups in total. The topological polar surface area (TPSA) is 115 Å². The summed E-state index contributed by atoms with van der Waals surface area (Å²) in [5, 5.41) is 11.5. The van der Waals surface area contributed by atoms with Crippen LogP contribution in [0.5, 0.6) is 0 Å². The second-order valence-corrected chi connectivity index (χ2v) is 7.62. The Morgan fingerprint density at radius 1 is 1.38 bits per heavy atom. The van der Waals surface area contributed by atoms with Crippen LogP contribution in [0.4, 0.5) is 0 Å². The SMILES string of the molecule is CCCc1[nH]nc(C(=O)OCCC(C)(C)C)c1S(N)(=O)=O. The molecule has 1 aromatic rings. The van der Waals surface area contributed by atoms with E-state index in [4.69, 9.17) is 9.88 Å². The highest BCUT2D eigenvalue weighted by atomic mass is 32.2. The van der Waals surface area contributed by atoms with E-state index in [-0.39, 0.29) is 22.6 Å². The van der Waals surface area contributed by atoms with Gasteiger partial charge in [-0.25, -0.2) is 18.4 Å². The smallest absolute Gasteiger partial charge is 0.360 e. The standard InChI is InChI=1S/C13H23N3O4S/c1-5-6-9-11(21(14,18)19)10(16-15-9)12(17)20-8-7-13(2,3)4/h5-8H2,1-4H3,(H,15,16)(H2,14,18,19). The molecule has 8 heteroatoms. The second-order valence-electron chi connectivity index (χ2n) is 6.12. The molecular weight excluding hydrogens is 294 g/mol. The number of hydrogen-bond donors (Lipinski definition) is 2. The number of primary sulfonamides is 1. The first-order valence-corrected chi connectivity index (χ1v) is 8.38. The van der Waals surface area contributed by atoms with Gasteiger partial charge < -0.3 is 4.74 Å². The van der Waals surface area contributed by atoms with E-state index in [1.54, 1.807) is 0 Å². The van der Waals surface area contributed by atoms with Gasteiger partial charge in [0, 0.05) is 0 Å². The molecule has 0 fully saturated rings. The number of esters is 1. The van der Waals surface area contributed by atoms with Crippen molar-refractivity contribution in [2.75, 3.05) is 6.61 Å². The Bertz CT molecular complexity index is 599. The monoisotopic (exact) mass is 317 g/mol. The maximum Gasteiger partial charge on any atom is 0.360 e. The van der Waals surface area contributed by atoms with Gasteiger partial charge in [0.05, 0.1) is 12.3 Å². The minimum atomic E-state index is -4.04. The molecule has 0 radical (unpaired) electrons. The van der Waals surface area contributed by atoms with Gasteiger partial charge in [-0.3, -0.25) is 5.10 Å². The molecule has 0 spiro atoms. The zero-order valence-corrected chi connectivity index (χ0v) is 13.7. The molecule has 7 nitrogen and oxygen atoms in total. The summed E-state index contributed by atoms with van der Waals surface area (Å²) < 4.78 is 28.4.